The van der Waals surface area contributed by atoms with Crippen molar-refractivity contribution in [2.75, 3.05) is 27.2 Å². The molecule has 6 heteroatoms. The van der Waals surface area contributed by atoms with Crippen LogP contribution in [0.15, 0.2) is 34.7 Å². The Morgan fingerprint density at radius 2 is 1.82 bits per heavy atom. The van der Waals surface area contributed by atoms with Crippen molar-refractivity contribution in [2.45, 2.75) is 26.8 Å². The summed E-state index contributed by atoms with van der Waals surface area (Å²) in [6.07, 6.45) is 0. The number of carbonyl (C=O) groups excluding carboxylic acids is 3. The van der Waals surface area contributed by atoms with E-state index in [9.17, 15) is 14.4 Å². The predicted molar refractivity (Wildman–Crippen MR) is 105 cm³/mol. The summed E-state index contributed by atoms with van der Waals surface area (Å²) in [5.74, 6) is -1.56. The molecule has 1 aliphatic rings. The lowest BCUT2D eigenvalue weighted by Gasteiger charge is -2.26. The SMILES string of the molecule is Cc1ccc(C)c(C(=O)C2C(=O)C(=O)N(CCN(C)C)C2c2ccc(C)o2)c1. The van der Waals surface area contributed by atoms with Crippen molar-refractivity contribution in [3.63, 3.8) is 0 Å². The maximum Gasteiger partial charge on any atom is 0.291 e. The van der Waals surface area contributed by atoms with Crippen molar-refractivity contribution in [1.82, 2.24) is 9.80 Å². The molecule has 1 aromatic heterocycles. The highest BCUT2D eigenvalue weighted by molar-refractivity contribution is 6.44. The first-order valence-electron chi connectivity index (χ1n) is 9.38. The number of amides is 1. The second kappa shape index (κ2) is 7.72. The van der Waals surface area contributed by atoms with Crippen LogP contribution in [0.1, 0.15) is 39.0 Å². The Morgan fingerprint density at radius 3 is 2.43 bits per heavy atom. The average Bonchev–Trinajstić information content (AvgIpc) is 3.16. The normalized spacial score (nSPS) is 19.7. The first-order valence-corrected chi connectivity index (χ1v) is 9.38. The van der Waals surface area contributed by atoms with Crippen LogP contribution in [-0.4, -0.2) is 54.5 Å². The fourth-order valence-electron chi connectivity index (χ4n) is 3.63. The number of benzene rings is 1. The van der Waals surface area contributed by atoms with Gasteiger partial charge in [-0.2, -0.15) is 0 Å². The molecule has 0 aliphatic carbocycles. The monoisotopic (exact) mass is 382 g/mol. The Labute approximate surface area is 165 Å². The van der Waals surface area contributed by atoms with E-state index in [4.69, 9.17) is 4.42 Å². The average molecular weight is 382 g/mol. The van der Waals surface area contributed by atoms with Gasteiger partial charge < -0.3 is 14.2 Å². The number of likely N-dealkylation sites (N-methyl/N-ethyl adjacent to an activating group) is 1. The number of furan rings is 1. The van der Waals surface area contributed by atoms with E-state index >= 15 is 0 Å². The number of nitrogens with zero attached hydrogens (tertiary/aromatic N) is 2. The van der Waals surface area contributed by atoms with Crippen molar-refractivity contribution in [3.8, 4) is 0 Å². The third-order valence-electron chi connectivity index (χ3n) is 5.19. The summed E-state index contributed by atoms with van der Waals surface area (Å²) >= 11 is 0. The first-order chi connectivity index (χ1) is 13.2. The Morgan fingerprint density at radius 1 is 1.11 bits per heavy atom. The predicted octanol–water partition coefficient (Wildman–Crippen LogP) is 2.72. The third kappa shape index (κ3) is 3.64. The van der Waals surface area contributed by atoms with Gasteiger partial charge in [0.15, 0.2) is 5.78 Å². The van der Waals surface area contributed by atoms with Crippen LogP contribution in [0, 0.1) is 26.7 Å². The van der Waals surface area contributed by atoms with E-state index in [2.05, 4.69) is 0 Å². The highest BCUT2D eigenvalue weighted by atomic mass is 16.3. The van der Waals surface area contributed by atoms with E-state index in [0.29, 0.717) is 30.2 Å². The summed E-state index contributed by atoms with van der Waals surface area (Å²) in [4.78, 5) is 42.5. The first kappa shape index (κ1) is 20.0. The number of likely N-dealkylation sites (tertiary alicyclic amines) is 1. The summed E-state index contributed by atoms with van der Waals surface area (Å²) in [6.45, 7) is 6.46. The van der Waals surface area contributed by atoms with Gasteiger partial charge in [-0.15, -0.1) is 0 Å². The van der Waals surface area contributed by atoms with Gasteiger partial charge in [0.25, 0.3) is 5.91 Å². The van der Waals surface area contributed by atoms with Crippen LogP contribution in [0.4, 0.5) is 0 Å². The molecule has 1 fully saturated rings. The molecule has 1 saturated heterocycles. The largest absolute Gasteiger partial charge is 0.464 e. The molecule has 0 spiro atoms. The second-order valence-electron chi connectivity index (χ2n) is 7.72. The highest BCUT2D eigenvalue weighted by Gasteiger charge is 2.52. The Kier molecular flexibility index (Phi) is 5.52. The zero-order chi connectivity index (χ0) is 20.6. The van der Waals surface area contributed by atoms with Crippen LogP contribution in [-0.2, 0) is 9.59 Å². The van der Waals surface area contributed by atoms with Crippen molar-refractivity contribution in [3.05, 3.63) is 58.5 Å². The van der Waals surface area contributed by atoms with Gasteiger partial charge in [-0.1, -0.05) is 17.7 Å². The Bertz CT molecular complexity index is 928. The minimum Gasteiger partial charge on any atom is -0.464 e. The lowest BCUT2D eigenvalue weighted by Crippen LogP contribution is -2.36. The molecular weight excluding hydrogens is 356 g/mol. The van der Waals surface area contributed by atoms with Gasteiger partial charge in [-0.25, -0.2) is 0 Å². The van der Waals surface area contributed by atoms with Crippen molar-refractivity contribution in [2.24, 2.45) is 5.92 Å². The summed E-state index contributed by atoms with van der Waals surface area (Å²) in [7, 11) is 3.79. The fraction of sp³-hybridized carbons (Fsp3) is 0.409. The molecule has 0 bridgehead atoms. The van der Waals surface area contributed by atoms with Crippen LogP contribution in [0.2, 0.25) is 0 Å². The topological polar surface area (TPSA) is 70.8 Å². The lowest BCUT2D eigenvalue weighted by atomic mass is 9.86. The van der Waals surface area contributed by atoms with Crippen LogP contribution in [0.5, 0.6) is 0 Å². The Hall–Kier alpha value is -2.73. The van der Waals surface area contributed by atoms with E-state index in [-0.39, 0.29) is 5.78 Å². The molecule has 1 aliphatic heterocycles. The summed E-state index contributed by atoms with van der Waals surface area (Å²) in [5.41, 5.74) is 2.20. The fourth-order valence-corrected chi connectivity index (χ4v) is 3.63. The number of Topliss-reactive ketones (excluding diaryl/α,β-unsaturated/α-hetero) is 2. The molecule has 6 nitrogen and oxygen atoms in total. The van der Waals surface area contributed by atoms with Crippen LogP contribution in [0.25, 0.3) is 0 Å². The Balaban J connectivity index is 2.06. The molecular formula is C22H26N2O4. The molecule has 2 atom stereocenters. The molecule has 0 N–H and O–H groups in total. The molecule has 3 rings (SSSR count). The van der Waals surface area contributed by atoms with E-state index in [0.717, 1.165) is 11.1 Å². The molecule has 1 amide bonds. The highest BCUT2D eigenvalue weighted by Crippen LogP contribution is 2.39. The molecule has 1 aromatic carbocycles. The van der Waals surface area contributed by atoms with Crippen LogP contribution < -0.4 is 0 Å². The van der Waals surface area contributed by atoms with E-state index in [1.165, 1.54) is 4.90 Å². The van der Waals surface area contributed by atoms with Crippen LogP contribution in [0.3, 0.4) is 0 Å². The lowest BCUT2D eigenvalue weighted by molar-refractivity contribution is -0.140. The van der Waals surface area contributed by atoms with Crippen molar-refractivity contribution < 1.29 is 18.8 Å². The summed E-state index contributed by atoms with van der Waals surface area (Å²) < 4.78 is 5.76. The number of rotatable bonds is 6. The van der Waals surface area contributed by atoms with Gasteiger partial charge >= 0.3 is 0 Å². The molecule has 28 heavy (non-hydrogen) atoms. The van der Waals surface area contributed by atoms with Crippen molar-refractivity contribution in [1.29, 1.82) is 0 Å². The van der Waals surface area contributed by atoms with Gasteiger partial charge in [0.1, 0.15) is 23.5 Å². The van der Waals surface area contributed by atoms with Gasteiger partial charge in [0, 0.05) is 18.7 Å². The van der Waals surface area contributed by atoms with Gasteiger partial charge in [0.05, 0.1) is 0 Å². The minimum absolute atomic E-state index is 0.328. The van der Waals surface area contributed by atoms with E-state index in [1.807, 2.05) is 45.0 Å². The molecule has 2 aromatic rings. The maximum atomic E-state index is 13.4. The van der Waals surface area contributed by atoms with E-state index in [1.54, 1.807) is 25.1 Å². The molecule has 0 radical (unpaired) electrons. The number of hydrogen-bond acceptors (Lipinski definition) is 5. The van der Waals surface area contributed by atoms with Gasteiger partial charge in [0.2, 0.25) is 5.78 Å². The molecule has 0 saturated carbocycles. The maximum absolute atomic E-state index is 13.4. The zero-order valence-corrected chi connectivity index (χ0v) is 17.0. The summed E-state index contributed by atoms with van der Waals surface area (Å²) in [6, 6.07) is 8.37. The van der Waals surface area contributed by atoms with Crippen molar-refractivity contribution >= 4 is 17.5 Å². The van der Waals surface area contributed by atoms with Gasteiger partial charge in [-0.05, 0) is 58.6 Å². The standard InChI is InChI=1S/C22H26N2O4/c1-13-6-7-14(2)16(12-13)20(25)18-19(17-9-8-15(3)28-17)24(11-10-23(4)5)22(27)21(18)26/h6-9,12,18-19H,10-11H2,1-5H3. The third-order valence-corrected chi connectivity index (χ3v) is 5.19. The molecule has 148 valence electrons. The number of carbonyl (C=O) groups is 3. The van der Waals surface area contributed by atoms with Crippen LogP contribution >= 0.6 is 0 Å². The summed E-state index contributed by atoms with van der Waals surface area (Å²) in [5, 5.41) is 0. The smallest absolute Gasteiger partial charge is 0.291 e. The van der Waals surface area contributed by atoms with Gasteiger partial charge in [-0.3, -0.25) is 14.4 Å². The minimum atomic E-state index is -1.10. The number of ketones is 2. The van der Waals surface area contributed by atoms with E-state index < -0.39 is 23.7 Å². The molecule has 2 unspecified atom stereocenters. The molecule has 2 heterocycles. The quantitative estimate of drug-likeness (QED) is 0.436. The second-order valence-corrected chi connectivity index (χ2v) is 7.72. The zero-order valence-electron chi connectivity index (χ0n) is 17.0. The number of aryl methyl sites for hydroxylation is 3. The number of hydrogen-bond donors (Lipinski definition) is 0.